The maximum atomic E-state index is 13.4. The van der Waals surface area contributed by atoms with Gasteiger partial charge in [0.25, 0.3) is 5.91 Å². The van der Waals surface area contributed by atoms with E-state index in [0.29, 0.717) is 33.8 Å². The van der Waals surface area contributed by atoms with Gasteiger partial charge in [0.1, 0.15) is 5.82 Å². The van der Waals surface area contributed by atoms with Gasteiger partial charge in [0.2, 0.25) is 0 Å². The summed E-state index contributed by atoms with van der Waals surface area (Å²) in [7, 11) is 4.99. The number of halogens is 1. The third-order valence-electron chi connectivity index (χ3n) is 4.36. The number of hydrogen-bond acceptors (Lipinski definition) is 3. The van der Waals surface area contributed by atoms with Crippen molar-refractivity contribution in [2.24, 2.45) is 0 Å². The van der Waals surface area contributed by atoms with E-state index in [9.17, 15) is 23.9 Å². The fourth-order valence-electron chi connectivity index (χ4n) is 2.91. The van der Waals surface area contributed by atoms with Crippen molar-refractivity contribution in [1.29, 1.82) is 0 Å². The number of amides is 3. The number of carboxylic acids is 1. The Morgan fingerprint density at radius 1 is 1.24 bits per heavy atom. The number of carbonyl (C=O) groups excluding carboxylic acids is 2. The third kappa shape index (κ3) is 4.63. The van der Waals surface area contributed by atoms with Crippen molar-refractivity contribution in [2.75, 3.05) is 26.5 Å². The van der Waals surface area contributed by atoms with E-state index in [4.69, 9.17) is 0 Å². The Morgan fingerprint density at radius 3 is 2.38 bits per heavy atom. The van der Waals surface area contributed by atoms with Crippen LogP contribution in [0.25, 0.3) is 11.6 Å². The Kier molecular flexibility index (Phi) is 6.42. The van der Waals surface area contributed by atoms with Gasteiger partial charge in [-0.1, -0.05) is 0 Å². The highest BCUT2D eigenvalue weighted by molar-refractivity contribution is 6.34. The first-order chi connectivity index (χ1) is 13.6. The lowest BCUT2D eigenvalue weighted by molar-refractivity contribution is -0.110. The molecule has 3 amide bonds. The molecule has 4 N–H and O–H groups in total. The SMILES string of the molecule is CNC(=O)N(C)C.Cc1[nH]c(/C=C2\C(=O)Nc3ccc(F)cc32)c(C)c1C(=O)O. The molecule has 2 aromatic rings. The quantitative estimate of drug-likeness (QED) is 0.578. The fraction of sp³-hybridized carbons (Fsp3) is 0.250. The summed E-state index contributed by atoms with van der Waals surface area (Å²) >= 11 is 0. The van der Waals surface area contributed by atoms with Gasteiger partial charge in [-0.2, -0.15) is 0 Å². The van der Waals surface area contributed by atoms with Crippen LogP contribution in [-0.2, 0) is 4.79 Å². The number of aromatic amines is 1. The number of aromatic nitrogens is 1. The minimum atomic E-state index is -1.03. The number of benzene rings is 1. The number of urea groups is 1. The zero-order chi connectivity index (χ0) is 21.9. The second kappa shape index (κ2) is 8.59. The average Bonchev–Trinajstić information content (AvgIpc) is 3.10. The number of rotatable bonds is 2. The predicted molar refractivity (Wildman–Crippen MR) is 108 cm³/mol. The van der Waals surface area contributed by atoms with Crippen LogP contribution in [0.5, 0.6) is 0 Å². The van der Waals surface area contributed by atoms with Gasteiger partial charge in [-0.15, -0.1) is 0 Å². The summed E-state index contributed by atoms with van der Waals surface area (Å²) in [6.07, 6.45) is 1.55. The molecule has 0 atom stereocenters. The topological polar surface area (TPSA) is 115 Å². The van der Waals surface area contributed by atoms with Crippen LogP contribution in [0, 0.1) is 19.7 Å². The summed E-state index contributed by atoms with van der Waals surface area (Å²) in [5, 5.41) is 14.3. The zero-order valence-corrected chi connectivity index (χ0v) is 16.8. The van der Waals surface area contributed by atoms with Crippen molar-refractivity contribution >= 4 is 35.2 Å². The molecular formula is C20H23FN4O4. The molecule has 154 valence electrons. The van der Waals surface area contributed by atoms with E-state index >= 15 is 0 Å². The molecule has 0 saturated carbocycles. The van der Waals surface area contributed by atoms with Crippen molar-refractivity contribution in [2.45, 2.75) is 13.8 Å². The van der Waals surface area contributed by atoms with Crippen molar-refractivity contribution in [3.8, 4) is 0 Å². The number of carboxylic acid groups (broad SMARTS) is 1. The molecule has 0 unspecified atom stereocenters. The normalized spacial score (nSPS) is 13.3. The van der Waals surface area contributed by atoms with Crippen molar-refractivity contribution in [3.05, 3.63) is 52.1 Å². The third-order valence-corrected chi connectivity index (χ3v) is 4.36. The Bertz CT molecular complexity index is 1010. The first kappa shape index (κ1) is 21.7. The van der Waals surface area contributed by atoms with Crippen LogP contribution in [-0.4, -0.2) is 54.0 Å². The Hall–Kier alpha value is -3.62. The van der Waals surface area contributed by atoms with Gasteiger partial charge in [0.05, 0.1) is 11.1 Å². The molecular weight excluding hydrogens is 379 g/mol. The highest BCUT2D eigenvalue weighted by atomic mass is 19.1. The minimum absolute atomic E-state index is 0.0694. The number of H-pyrrole nitrogens is 1. The van der Waals surface area contributed by atoms with Crippen LogP contribution >= 0.6 is 0 Å². The van der Waals surface area contributed by atoms with Crippen LogP contribution in [0.1, 0.15) is 32.9 Å². The smallest absolute Gasteiger partial charge is 0.337 e. The Morgan fingerprint density at radius 2 is 1.90 bits per heavy atom. The van der Waals surface area contributed by atoms with Gasteiger partial charge in [-0.3, -0.25) is 4.79 Å². The molecule has 2 heterocycles. The number of aromatic carboxylic acids is 1. The van der Waals surface area contributed by atoms with E-state index in [0.717, 1.165) is 0 Å². The molecule has 0 saturated heterocycles. The van der Waals surface area contributed by atoms with Gasteiger partial charge in [-0.05, 0) is 43.7 Å². The second-order valence-electron chi connectivity index (χ2n) is 6.62. The van der Waals surface area contributed by atoms with Crippen molar-refractivity contribution in [1.82, 2.24) is 15.2 Å². The van der Waals surface area contributed by atoms with Crippen LogP contribution in [0.15, 0.2) is 18.2 Å². The van der Waals surface area contributed by atoms with E-state index < -0.39 is 11.8 Å². The number of aryl methyl sites for hydroxylation is 1. The van der Waals surface area contributed by atoms with Gasteiger partial charge in [0.15, 0.2) is 0 Å². The molecule has 0 fully saturated rings. The average molecular weight is 402 g/mol. The summed E-state index contributed by atoms with van der Waals surface area (Å²) in [6, 6.07) is 3.98. The van der Waals surface area contributed by atoms with Crippen LogP contribution in [0.4, 0.5) is 14.9 Å². The first-order valence-corrected chi connectivity index (χ1v) is 8.71. The van der Waals surface area contributed by atoms with Crippen LogP contribution < -0.4 is 10.6 Å². The largest absolute Gasteiger partial charge is 0.478 e. The van der Waals surface area contributed by atoms with Gasteiger partial charge in [0, 0.05) is 43.8 Å². The maximum Gasteiger partial charge on any atom is 0.337 e. The Labute approximate surface area is 167 Å². The summed E-state index contributed by atoms with van der Waals surface area (Å²) in [5.41, 5.74) is 3.06. The fourth-order valence-corrected chi connectivity index (χ4v) is 2.91. The molecule has 1 aromatic carbocycles. The lowest BCUT2D eigenvalue weighted by Crippen LogP contribution is -2.31. The highest BCUT2D eigenvalue weighted by Crippen LogP contribution is 2.34. The standard InChI is InChI=1S/C16H13FN2O3.C4H10N2O/c1-7-13(18-8(2)14(7)16(21)22)6-11-10-5-9(17)3-4-12(10)19-15(11)20;1-5-4(7)6(2)3/h3-6,18H,1-2H3,(H,19,20)(H,21,22);1-3H3,(H,5,7)/b11-6-;. The summed E-state index contributed by atoms with van der Waals surface area (Å²) in [6.45, 7) is 3.32. The summed E-state index contributed by atoms with van der Waals surface area (Å²) in [5.74, 6) is -1.81. The molecule has 0 spiro atoms. The number of anilines is 1. The number of carbonyl (C=O) groups is 3. The molecule has 9 heteroatoms. The molecule has 3 rings (SSSR count). The number of fused-ring (bicyclic) bond motifs is 1. The molecule has 1 aliphatic rings. The zero-order valence-electron chi connectivity index (χ0n) is 16.8. The number of nitrogens with zero attached hydrogens (tertiary/aromatic N) is 1. The molecule has 29 heavy (non-hydrogen) atoms. The minimum Gasteiger partial charge on any atom is -0.478 e. The molecule has 1 aromatic heterocycles. The van der Waals surface area contributed by atoms with Crippen molar-refractivity contribution in [3.63, 3.8) is 0 Å². The maximum absolute atomic E-state index is 13.4. The lowest BCUT2D eigenvalue weighted by atomic mass is 10.0. The predicted octanol–water partition coefficient (Wildman–Crippen LogP) is 2.85. The van der Waals surface area contributed by atoms with E-state index in [1.165, 1.54) is 23.1 Å². The highest BCUT2D eigenvalue weighted by Gasteiger charge is 2.26. The number of hydrogen-bond donors (Lipinski definition) is 4. The molecule has 1 aliphatic heterocycles. The molecule has 0 bridgehead atoms. The van der Waals surface area contributed by atoms with Gasteiger partial charge in [-0.25, -0.2) is 14.0 Å². The second-order valence-corrected chi connectivity index (χ2v) is 6.62. The van der Waals surface area contributed by atoms with Gasteiger partial charge >= 0.3 is 12.0 Å². The van der Waals surface area contributed by atoms with E-state index in [1.54, 1.807) is 41.1 Å². The summed E-state index contributed by atoms with van der Waals surface area (Å²) < 4.78 is 13.4. The van der Waals surface area contributed by atoms with Gasteiger partial charge < -0.3 is 25.6 Å². The molecule has 8 nitrogen and oxygen atoms in total. The first-order valence-electron chi connectivity index (χ1n) is 8.71. The van der Waals surface area contributed by atoms with E-state index in [-0.39, 0.29) is 17.5 Å². The van der Waals surface area contributed by atoms with E-state index in [1.807, 2.05) is 0 Å². The van der Waals surface area contributed by atoms with Crippen LogP contribution in [0.2, 0.25) is 0 Å². The number of nitrogens with one attached hydrogen (secondary N) is 3. The lowest BCUT2D eigenvalue weighted by Gasteiger charge is -2.06. The Balaban J connectivity index is 0.000000370. The monoisotopic (exact) mass is 402 g/mol. The summed E-state index contributed by atoms with van der Waals surface area (Å²) in [4.78, 5) is 38.0. The van der Waals surface area contributed by atoms with E-state index in [2.05, 4.69) is 15.6 Å². The molecule has 0 aliphatic carbocycles. The van der Waals surface area contributed by atoms with Crippen molar-refractivity contribution < 1.29 is 23.9 Å². The molecule has 0 radical (unpaired) electrons. The van der Waals surface area contributed by atoms with Crippen LogP contribution in [0.3, 0.4) is 0 Å².